The van der Waals surface area contributed by atoms with Crippen LogP contribution in [0.2, 0.25) is 0 Å². The third-order valence-electron chi connectivity index (χ3n) is 2.75. The first-order chi connectivity index (χ1) is 9.75. The summed E-state index contributed by atoms with van der Waals surface area (Å²) in [6.07, 6.45) is 0. The average molecular weight is 299 g/mol. The number of hydrogen-bond donors (Lipinski definition) is 3. The van der Waals surface area contributed by atoms with Gasteiger partial charge in [0.15, 0.2) is 0 Å². The van der Waals surface area contributed by atoms with Crippen molar-refractivity contribution in [3.63, 3.8) is 0 Å². The number of benzene rings is 1. The minimum absolute atomic E-state index is 0.144. The lowest BCUT2D eigenvalue weighted by Gasteiger charge is -2.14. The highest BCUT2D eigenvalue weighted by Crippen LogP contribution is 2.12. The molecule has 0 aromatic heterocycles. The molecular formula is C14H19F2N3O2. The first-order valence-electron chi connectivity index (χ1n) is 6.52. The van der Waals surface area contributed by atoms with Crippen molar-refractivity contribution in [2.75, 3.05) is 18.4 Å². The van der Waals surface area contributed by atoms with Crippen LogP contribution in [0.3, 0.4) is 0 Å². The number of nitrogens with one attached hydrogen (secondary N) is 2. The summed E-state index contributed by atoms with van der Waals surface area (Å²) in [5, 5.41) is 4.78. The fourth-order valence-electron chi connectivity index (χ4n) is 1.38. The lowest BCUT2D eigenvalue weighted by atomic mass is 10.1. The fourth-order valence-corrected chi connectivity index (χ4v) is 1.38. The van der Waals surface area contributed by atoms with E-state index in [9.17, 15) is 18.4 Å². The Bertz CT molecular complexity index is 501. The molecule has 0 heterocycles. The first-order valence-corrected chi connectivity index (χ1v) is 6.52. The first kappa shape index (κ1) is 17.0. The fraction of sp³-hybridized carbons (Fsp3) is 0.429. The van der Waals surface area contributed by atoms with Crippen molar-refractivity contribution in [1.82, 2.24) is 5.32 Å². The number of halogens is 2. The summed E-state index contributed by atoms with van der Waals surface area (Å²) in [7, 11) is 0. The van der Waals surface area contributed by atoms with Crippen LogP contribution in [-0.2, 0) is 4.79 Å². The highest BCUT2D eigenvalue weighted by atomic mass is 19.3. The molecule has 7 heteroatoms. The normalized spacial score (nSPS) is 11.3. The number of alkyl halides is 2. The van der Waals surface area contributed by atoms with Crippen molar-refractivity contribution in [3.05, 3.63) is 29.8 Å². The highest BCUT2D eigenvalue weighted by molar-refractivity contribution is 5.96. The number of rotatable bonds is 6. The van der Waals surface area contributed by atoms with E-state index in [0.717, 1.165) is 0 Å². The van der Waals surface area contributed by atoms with Gasteiger partial charge in [-0.15, -0.1) is 0 Å². The van der Waals surface area contributed by atoms with Crippen molar-refractivity contribution >= 4 is 17.5 Å². The van der Waals surface area contributed by atoms with E-state index in [0.29, 0.717) is 5.69 Å². The SMILES string of the molecule is CC(C)C(=O)Nc1ccc(C(=O)NCC(F)(F)CN)cc1. The summed E-state index contributed by atoms with van der Waals surface area (Å²) < 4.78 is 25.8. The molecule has 1 aromatic rings. The van der Waals surface area contributed by atoms with E-state index in [1.54, 1.807) is 13.8 Å². The van der Waals surface area contributed by atoms with Crippen molar-refractivity contribution in [3.8, 4) is 0 Å². The number of carbonyl (C=O) groups is 2. The molecule has 116 valence electrons. The van der Waals surface area contributed by atoms with Crippen LogP contribution in [0.4, 0.5) is 14.5 Å². The maximum atomic E-state index is 12.9. The lowest BCUT2D eigenvalue weighted by molar-refractivity contribution is -0.118. The van der Waals surface area contributed by atoms with Gasteiger partial charge in [0.05, 0.1) is 13.1 Å². The molecule has 0 aliphatic rings. The van der Waals surface area contributed by atoms with Gasteiger partial charge >= 0.3 is 0 Å². The van der Waals surface area contributed by atoms with Crippen LogP contribution >= 0.6 is 0 Å². The zero-order chi connectivity index (χ0) is 16.0. The molecule has 0 radical (unpaired) electrons. The standard InChI is InChI=1S/C14H19F2N3O2/c1-9(2)12(20)19-11-5-3-10(4-6-11)13(21)18-8-14(15,16)7-17/h3-6,9H,7-8,17H2,1-2H3,(H,18,21)(H,19,20). The molecule has 0 spiro atoms. The van der Waals surface area contributed by atoms with E-state index < -0.39 is 24.9 Å². The lowest BCUT2D eigenvalue weighted by Crippen LogP contribution is -2.41. The van der Waals surface area contributed by atoms with Crippen LogP contribution in [0, 0.1) is 5.92 Å². The second-order valence-corrected chi connectivity index (χ2v) is 4.96. The van der Waals surface area contributed by atoms with Crippen LogP contribution in [0.15, 0.2) is 24.3 Å². The minimum Gasteiger partial charge on any atom is -0.346 e. The van der Waals surface area contributed by atoms with Crippen LogP contribution < -0.4 is 16.4 Å². The number of anilines is 1. The Kier molecular flexibility index (Phi) is 5.78. The van der Waals surface area contributed by atoms with Crippen LogP contribution in [0.5, 0.6) is 0 Å². The maximum absolute atomic E-state index is 12.9. The second-order valence-electron chi connectivity index (χ2n) is 4.96. The van der Waals surface area contributed by atoms with E-state index in [-0.39, 0.29) is 17.4 Å². The number of nitrogens with two attached hydrogens (primary N) is 1. The molecule has 4 N–H and O–H groups in total. The molecule has 0 atom stereocenters. The largest absolute Gasteiger partial charge is 0.346 e. The van der Waals surface area contributed by atoms with Crippen LogP contribution in [-0.4, -0.2) is 30.8 Å². The number of amides is 2. The topological polar surface area (TPSA) is 84.2 Å². The van der Waals surface area contributed by atoms with Crippen molar-refractivity contribution < 1.29 is 18.4 Å². The van der Waals surface area contributed by atoms with Crippen molar-refractivity contribution in [1.29, 1.82) is 0 Å². The van der Waals surface area contributed by atoms with Gasteiger partial charge in [-0.05, 0) is 24.3 Å². The summed E-state index contributed by atoms with van der Waals surface area (Å²) in [5.74, 6) is -4.05. The summed E-state index contributed by atoms with van der Waals surface area (Å²) >= 11 is 0. The highest BCUT2D eigenvalue weighted by Gasteiger charge is 2.27. The van der Waals surface area contributed by atoms with Crippen LogP contribution in [0.1, 0.15) is 24.2 Å². The van der Waals surface area contributed by atoms with Gasteiger partial charge in [0, 0.05) is 17.2 Å². The van der Waals surface area contributed by atoms with Gasteiger partial charge < -0.3 is 16.4 Å². The molecule has 0 unspecified atom stereocenters. The molecule has 5 nitrogen and oxygen atoms in total. The van der Waals surface area contributed by atoms with Gasteiger partial charge in [-0.1, -0.05) is 13.8 Å². The zero-order valence-corrected chi connectivity index (χ0v) is 12.0. The van der Waals surface area contributed by atoms with Crippen molar-refractivity contribution in [2.45, 2.75) is 19.8 Å². The summed E-state index contributed by atoms with van der Waals surface area (Å²) in [6, 6.07) is 5.98. The molecule has 0 saturated carbocycles. The van der Waals surface area contributed by atoms with Gasteiger partial charge in [0.25, 0.3) is 11.8 Å². The molecule has 0 fully saturated rings. The Morgan fingerprint density at radius 1 is 1.24 bits per heavy atom. The van der Waals surface area contributed by atoms with Gasteiger partial charge in [-0.2, -0.15) is 0 Å². The van der Waals surface area contributed by atoms with Gasteiger partial charge in [0.1, 0.15) is 0 Å². The minimum atomic E-state index is -3.12. The molecule has 0 saturated heterocycles. The predicted molar refractivity (Wildman–Crippen MR) is 76.2 cm³/mol. The molecule has 1 aromatic carbocycles. The van der Waals surface area contributed by atoms with Gasteiger partial charge in [-0.3, -0.25) is 9.59 Å². The molecule has 21 heavy (non-hydrogen) atoms. The average Bonchev–Trinajstić information content (AvgIpc) is 2.45. The van der Waals surface area contributed by atoms with E-state index in [1.165, 1.54) is 24.3 Å². The Labute approximate surface area is 121 Å². The Morgan fingerprint density at radius 3 is 2.29 bits per heavy atom. The summed E-state index contributed by atoms with van der Waals surface area (Å²) in [5.41, 5.74) is 5.65. The smallest absolute Gasteiger partial charge is 0.277 e. The number of hydrogen-bond acceptors (Lipinski definition) is 3. The van der Waals surface area contributed by atoms with E-state index >= 15 is 0 Å². The molecule has 0 aliphatic carbocycles. The Hall–Kier alpha value is -2.02. The number of carbonyl (C=O) groups excluding carboxylic acids is 2. The molecule has 0 aliphatic heterocycles. The molecule has 0 bridgehead atoms. The molecule has 1 rings (SSSR count). The third kappa shape index (κ3) is 5.47. The summed E-state index contributed by atoms with van der Waals surface area (Å²) in [4.78, 5) is 23.2. The van der Waals surface area contributed by atoms with Crippen molar-refractivity contribution in [2.24, 2.45) is 11.7 Å². The summed E-state index contributed by atoms with van der Waals surface area (Å²) in [6.45, 7) is 1.88. The van der Waals surface area contributed by atoms with E-state index in [1.807, 2.05) is 0 Å². The Balaban J connectivity index is 2.61. The maximum Gasteiger partial charge on any atom is 0.277 e. The van der Waals surface area contributed by atoms with E-state index in [4.69, 9.17) is 5.73 Å². The third-order valence-corrected chi connectivity index (χ3v) is 2.75. The van der Waals surface area contributed by atoms with Crippen LogP contribution in [0.25, 0.3) is 0 Å². The second kappa shape index (κ2) is 7.12. The quantitative estimate of drug-likeness (QED) is 0.746. The molecular weight excluding hydrogens is 280 g/mol. The zero-order valence-electron chi connectivity index (χ0n) is 12.0. The van der Waals surface area contributed by atoms with E-state index in [2.05, 4.69) is 10.6 Å². The predicted octanol–water partition coefficient (Wildman–Crippen LogP) is 1.60. The van der Waals surface area contributed by atoms with Gasteiger partial charge in [0.2, 0.25) is 5.91 Å². The molecule has 2 amide bonds. The Morgan fingerprint density at radius 2 is 1.81 bits per heavy atom. The van der Waals surface area contributed by atoms with Gasteiger partial charge in [-0.25, -0.2) is 8.78 Å². The monoisotopic (exact) mass is 299 g/mol.